The molecule has 1 aliphatic heterocycles. The molecule has 29 heavy (non-hydrogen) atoms. The summed E-state index contributed by atoms with van der Waals surface area (Å²) in [6, 6.07) is 7.85. The van der Waals surface area contributed by atoms with Crippen LogP contribution < -0.4 is 10.5 Å². The Bertz CT molecular complexity index is 681. The first-order valence-electron chi connectivity index (χ1n) is 10.6. The van der Waals surface area contributed by atoms with Gasteiger partial charge in [-0.2, -0.15) is 0 Å². The number of ether oxygens (including phenoxy) is 1. The number of carbonyl (C=O) groups is 2. The minimum atomic E-state index is -0.703. The molecule has 2 N–H and O–H groups in total. The van der Waals surface area contributed by atoms with Crippen molar-refractivity contribution in [1.29, 1.82) is 0 Å². The largest absolute Gasteiger partial charge is 0.481 e. The normalized spacial score (nSPS) is 19.8. The van der Waals surface area contributed by atoms with Crippen LogP contribution in [0.3, 0.4) is 0 Å². The van der Waals surface area contributed by atoms with Crippen molar-refractivity contribution in [3.05, 3.63) is 29.8 Å². The SMILES string of the molecule is CCc1ccc(OC(C)C(=O)N2CCN(C(=O)C3(N)CCCCC3)CC2)cc1.Cl. The van der Waals surface area contributed by atoms with Crippen molar-refractivity contribution >= 4 is 24.2 Å². The second-order valence-corrected chi connectivity index (χ2v) is 8.09. The van der Waals surface area contributed by atoms with E-state index in [4.69, 9.17) is 10.5 Å². The van der Waals surface area contributed by atoms with Gasteiger partial charge in [-0.3, -0.25) is 9.59 Å². The summed E-state index contributed by atoms with van der Waals surface area (Å²) >= 11 is 0. The number of benzene rings is 1. The van der Waals surface area contributed by atoms with Gasteiger partial charge in [-0.1, -0.05) is 38.3 Å². The summed E-state index contributed by atoms with van der Waals surface area (Å²) in [5.74, 6) is 0.723. The Kier molecular flexibility index (Phi) is 8.34. The average molecular weight is 424 g/mol. The standard InChI is InChI=1S/C22H33N3O3.ClH/c1-3-18-7-9-19(10-8-18)28-17(2)20(26)24-13-15-25(16-14-24)21(27)22(23)11-5-4-6-12-22;/h7-10,17H,3-6,11-16,23H2,1-2H3;1H. The van der Waals surface area contributed by atoms with Gasteiger partial charge in [-0.25, -0.2) is 0 Å². The maximum absolute atomic E-state index is 12.9. The zero-order valence-electron chi connectivity index (χ0n) is 17.6. The molecule has 1 aromatic rings. The van der Waals surface area contributed by atoms with Crippen LogP contribution in [0.25, 0.3) is 0 Å². The highest BCUT2D eigenvalue weighted by Gasteiger charge is 2.39. The summed E-state index contributed by atoms with van der Waals surface area (Å²) in [5, 5.41) is 0. The molecule has 7 heteroatoms. The third kappa shape index (κ3) is 5.64. The van der Waals surface area contributed by atoms with E-state index in [1.807, 2.05) is 29.2 Å². The van der Waals surface area contributed by atoms with E-state index in [1.54, 1.807) is 11.8 Å². The minimum absolute atomic E-state index is 0. The molecule has 2 aliphatic rings. The second-order valence-electron chi connectivity index (χ2n) is 8.09. The molecular weight excluding hydrogens is 390 g/mol. The van der Waals surface area contributed by atoms with E-state index in [-0.39, 0.29) is 24.2 Å². The summed E-state index contributed by atoms with van der Waals surface area (Å²) in [4.78, 5) is 29.2. The lowest BCUT2D eigenvalue weighted by molar-refractivity contribution is -0.146. The van der Waals surface area contributed by atoms with Crippen molar-refractivity contribution in [2.24, 2.45) is 5.73 Å². The van der Waals surface area contributed by atoms with Crippen LogP contribution in [0.15, 0.2) is 24.3 Å². The summed E-state index contributed by atoms with van der Waals surface area (Å²) < 4.78 is 5.82. The topological polar surface area (TPSA) is 75.9 Å². The van der Waals surface area contributed by atoms with Crippen molar-refractivity contribution < 1.29 is 14.3 Å². The van der Waals surface area contributed by atoms with Gasteiger partial charge in [0.1, 0.15) is 5.75 Å². The number of hydrogen-bond acceptors (Lipinski definition) is 4. The van der Waals surface area contributed by atoms with Crippen molar-refractivity contribution in [3.63, 3.8) is 0 Å². The first-order chi connectivity index (χ1) is 13.4. The first kappa shape index (κ1) is 23.5. The Balaban J connectivity index is 0.00000300. The van der Waals surface area contributed by atoms with Gasteiger partial charge in [0.2, 0.25) is 5.91 Å². The highest BCUT2D eigenvalue weighted by Crippen LogP contribution is 2.28. The maximum atomic E-state index is 12.9. The number of hydrogen-bond donors (Lipinski definition) is 1. The molecule has 1 saturated carbocycles. The van der Waals surface area contributed by atoms with E-state index in [0.717, 1.165) is 38.5 Å². The lowest BCUT2D eigenvalue weighted by atomic mass is 9.81. The molecule has 0 radical (unpaired) electrons. The molecule has 0 spiro atoms. The molecule has 0 aromatic heterocycles. The molecule has 2 amide bonds. The average Bonchev–Trinajstić information content (AvgIpc) is 2.74. The minimum Gasteiger partial charge on any atom is -0.481 e. The summed E-state index contributed by atoms with van der Waals surface area (Å²) in [5.41, 5.74) is 6.93. The monoisotopic (exact) mass is 423 g/mol. The Hall–Kier alpha value is -1.79. The van der Waals surface area contributed by atoms with Crippen LogP contribution in [-0.2, 0) is 16.0 Å². The summed E-state index contributed by atoms with van der Waals surface area (Å²) in [6.07, 6.45) is 5.17. The smallest absolute Gasteiger partial charge is 0.263 e. The number of amides is 2. The highest BCUT2D eigenvalue weighted by atomic mass is 35.5. The van der Waals surface area contributed by atoms with Crippen molar-refractivity contribution in [3.8, 4) is 5.75 Å². The molecule has 2 fully saturated rings. The molecule has 1 aromatic carbocycles. The van der Waals surface area contributed by atoms with E-state index < -0.39 is 11.6 Å². The number of nitrogens with two attached hydrogens (primary N) is 1. The van der Waals surface area contributed by atoms with Crippen molar-refractivity contribution in [2.45, 2.75) is 64.0 Å². The van der Waals surface area contributed by atoms with Crippen LogP contribution in [0.1, 0.15) is 51.5 Å². The number of aryl methyl sites for hydroxylation is 1. The molecule has 1 aliphatic carbocycles. The first-order valence-corrected chi connectivity index (χ1v) is 10.6. The summed E-state index contributed by atoms with van der Waals surface area (Å²) in [6.45, 7) is 6.03. The Labute approximate surface area is 180 Å². The maximum Gasteiger partial charge on any atom is 0.263 e. The van der Waals surface area contributed by atoms with Crippen LogP contribution in [-0.4, -0.2) is 59.4 Å². The van der Waals surface area contributed by atoms with Gasteiger partial charge >= 0.3 is 0 Å². The van der Waals surface area contributed by atoms with E-state index in [1.165, 1.54) is 5.56 Å². The van der Waals surface area contributed by atoms with E-state index in [0.29, 0.717) is 31.9 Å². The van der Waals surface area contributed by atoms with E-state index in [2.05, 4.69) is 6.92 Å². The van der Waals surface area contributed by atoms with Gasteiger partial charge in [0.25, 0.3) is 5.91 Å². The number of rotatable bonds is 5. The molecule has 1 unspecified atom stereocenters. The number of nitrogens with zero attached hydrogens (tertiary/aromatic N) is 2. The Morgan fingerprint density at radius 2 is 1.59 bits per heavy atom. The van der Waals surface area contributed by atoms with Crippen molar-refractivity contribution in [2.75, 3.05) is 26.2 Å². The molecule has 1 atom stereocenters. The second kappa shape index (κ2) is 10.3. The predicted molar refractivity (Wildman–Crippen MR) is 116 cm³/mol. The number of piperazine rings is 1. The van der Waals surface area contributed by atoms with Crippen LogP contribution in [0, 0.1) is 0 Å². The van der Waals surface area contributed by atoms with Gasteiger partial charge in [-0.15, -0.1) is 12.4 Å². The molecular formula is C22H34ClN3O3. The van der Waals surface area contributed by atoms with E-state index in [9.17, 15) is 9.59 Å². The van der Waals surface area contributed by atoms with Crippen molar-refractivity contribution in [1.82, 2.24) is 9.80 Å². The zero-order valence-corrected chi connectivity index (χ0v) is 18.4. The molecule has 1 saturated heterocycles. The number of halogens is 1. The fraction of sp³-hybridized carbons (Fsp3) is 0.636. The fourth-order valence-electron chi connectivity index (χ4n) is 4.16. The third-order valence-corrected chi connectivity index (χ3v) is 6.04. The fourth-order valence-corrected chi connectivity index (χ4v) is 4.16. The van der Waals surface area contributed by atoms with Gasteiger partial charge in [0, 0.05) is 26.2 Å². The lowest BCUT2D eigenvalue weighted by Crippen LogP contribution is -2.61. The predicted octanol–water partition coefficient (Wildman–Crippen LogP) is 2.77. The quantitative estimate of drug-likeness (QED) is 0.790. The Morgan fingerprint density at radius 1 is 1.03 bits per heavy atom. The Morgan fingerprint density at radius 3 is 2.14 bits per heavy atom. The molecule has 162 valence electrons. The van der Waals surface area contributed by atoms with E-state index >= 15 is 0 Å². The van der Waals surface area contributed by atoms with Crippen LogP contribution in [0.2, 0.25) is 0 Å². The highest BCUT2D eigenvalue weighted by molar-refractivity contribution is 5.87. The summed E-state index contributed by atoms with van der Waals surface area (Å²) in [7, 11) is 0. The van der Waals surface area contributed by atoms with Gasteiger partial charge in [0.05, 0.1) is 5.54 Å². The molecule has 6 nitrogen and oxygen atoms in total. The molecule has 0 bridgehead atoms. The van der Waals surface area contributed by atoms with Crippen LogP contribution >= 0.6 is 12.4 Å². The van der Waals surface area contributed by atoms with Gasteiger partial charge in [-0.05, 0) is 43.9 Å². The zero-order chi connectivity index (χ0) is 20.1. The molecule has 3 rings (SSSR count). The molecule has 1 heterocycles. The van der Waals surface area contributed by atoms with Gasteiger partial charge < -0.3 is 20.3 Å². The van der Waals surface area contributed by atoms with Crippen LogP contribution in [0.5, 0.6) is 5.75 Å². The van der Waals surface area contributed by atoms with Gasteiger partial charge in [0.15, 0.2) is 6.10 Å². The number of carbonyl (C=O) groups excluding carboxylic acids is 2. The van der Waals surface area contributed by atoms with Crippen LogP contribution in [0.4, 0.5) is 0 Å². The lowest BCUT2D eigenvalue weighted by Gasteiger charge is -2.41. The third-order valence-electron chi connectivity index (χ3n) is 6.04.